The summed E-state index contributed by atoms with van der Waals surface area (Å²) in [5.41, 5.74) is -0.152. The van der Waals surface area contributed by atoms with Crippen molar-refractivity contribution in [3.63, 3.8) is 0 Å². The quantitative estimate of drug-likeness (QED) is 0.434. The number of nitrogens with zero attached hydrogens (tertiary/aromatic N) is 3. The third-order valence-corrected chi connectivity index (χ3v) is 2.30. The molecule has 0 radical (unpaired) electrons. The lowest BCUT2D eigenvalue weighted by Gasteiger charge is -2.05. The lowest BCUT2D eigenvalue weighted by Crippen LogP contribution is -2.07. The molecule has 0 unspecified atom stereocenters. The van der Waals surface area contributed by atoms with Crippen molar-refractivity contribution < 1.29 is 14.8 Å². The molecule has 1 heterocycles. The van der Waals surface area contributed by atoms with Crippen LogP contribution in [-0.4, -0.2) is 27.5 Å². The van der Waals surface area contributed by atoms with Crippen LogP contribution in [0.3, 0.4) is 0 Å². The maximum absolute atomic E-state index is 10.8. The molecular formula is C11H12N4O4. The smallest absolute Gasteiger partial charge is 0.312 e. The fraction of sp³-hybridized carbons (Fsp3) is 0.364. The standard InChI is InChI=1S/C11H12N4O4/c12-6-8-5-9(15(18)19)11(14-7-8)13-4-2-1-3-10(16)17/h5,7H,1-4H2,(H,13,14)(H,16,17). The molecular weight excluding hydrogens is 252 g/mol. The first-order chi connectivity index (χ1) is 9.04. The Balaban J connectivity index is 2.60. The van der Waals surface area contributed by atoms with Gasteiger partial charge in [0.25, 0.3) is 0 Å². The number of nitrogens with one attached hydrogen (secondary N) is 1. The van der Waals surface area contributed by atoms with Gasteiger partial charge in [0.2, 0.25) is 5.82 Å². The third-order valence-electron chi connectivity index (χ3n) is 2.30. The molecule has 0 saturated heterocycles. The van der Waals surface area contributed by atoms with E-state index in [-0.39, 0.29) is 23.5 Å². The van der Waals surface area contributed by atoms with Crippen LogP contribution in [0.5, 0.6) is 0 Å². The molecule has 8 nitrogen and oxygen atoms in total. The molecule has 1 rings (SSSR count). The summed E-state index contributed by atoms with van der Waals surface area (Å²) in [7, 11) is 0. The first-order valence-electron chi connectivity index (χ1n) is 5.55. The molecule has 0 spiro atoms. The van der Waals surface area contributed by atoms with E-state index in [0.717, 1.165) is 6.07 Å². The van der Waals surface area contributed by atoms with Gasteiger partial charge in [0.1, 0.15) is 6.07 Å². The highest BCUT2D eigenvalue weighted by Crippen LogP contribution is 2.22. The van der Waals surface area contributed by atoms with E-state index in [9.17, 15) is 14.9 Å². The van der Waals surface area contributed by atoms with E-state index in [1.807, 2.05) is 0 Å². The highest BCUT2D eigenvalue weighted by Gasteiger charge is 2.15. The zero-order valence-corrected chi connectivity index (χ0v) is 10.00. The summed E-state index contributed by atoms with van der Waals surface area (Å²) in [4.78, 5) is 24.3. The molecule has 0 atom stereocenters. The zero-order chi connectivity index (χ0) is 14.3. The number of carboxylic acid groups (broad SMARTS) is 1. The first kappa shape index (κ1) is 14.4. The second kappa shape index (κ2) is 6.90. The normalized spacial score (nSPS) is 9.63. The average molecular weight is 264 g/mol. The van der Waals surface area contributed by atoms with Crippen molar-refractivity contribution in [2.24, 2.45) is 0 Å². The Labute approximate surface area is 108 Å². The lowest BCUT2D eigenvalue weighted by molar-refractivity contribution is -0.384. The van der Waals surface area contributed by atoms with Crippen LogP contribution in [0, 0.1) is 21.4 Å². The molecule has 2 N–H and O–H groups in total. The molecule has 0 aliphatic heterocycles. The Hall–Kier alpha value is -2.69. The van der Waals surface area contributed by atoms with Crippen molar-refractivity contribution in [3.8, 4) is 6.07 Å². The highest BCUT2D eigenvalue weighted by atomic mass is 16.6. The Bertz CT molecular complexity index is 524. The third kappa shape index (κ3) is 4.59. The van der Waals surface area contributed by atoms with Crippen LogP contribution in [0.2, 0.25) is 0 Å². The molecule has 0 aliphatic carbocycles. The van der Waals surface area contributed by atoms with Gasteiger partial charge in [0.15, 0.2) is 0 Å². The van der Waals surface area contributed by atoms with Crippen molar-refractivity contribution in [2.45, 2.75) is 19.3 Å². The maximum Gasteiger partial charge on any atom is 0.312 e. The number of hydrogen-bond donors (Lipinski definition) is 2. The number of unbranched alkanes of at least 4 members (excludes halogenated alkanes) is 1. The number of aliphatic carboxylic acids is 1. The number of aromatic nitrogens is 1. The lowest BCUT2D eigenvalue weighted by atomic mass is 10.2. The van der Waals surface area contributed by atoms with Crippen molar-refractivity contribution >= 4 is 17.5 Å². The fourth-order valence-corrected chi connectivity index (χ4v) is 1.40. The number of carbonyl (C=O) groups is 1. The average Bonchev–Trinajstić information content (AvgIpc) is 2.38. The molecule has 0 aromatic carbocycles. The monoisotopic (exact) mass is 264 g/mol. The topological polar surface area (TPSA) is 129 Å². The number of anilines is 1. The SMILES string of the molecule is N#Cc1cnc(NCCCCC(=O)O)c([N+](=O)[O-])c1. The number of carboxylic acids is 1. The minimum atomic E-state index is -0.873. The van der Waals surface area contributed by atoms with Crippen LogP contribution in [0.1, 0.15) is 24.8 Å². The summed E-state index contributed by atoms with van der Waals surface area (Å²) < 4.78 is 0. The second-order valence-electron chi connectivity index (χ2n) is 3.74. The summed E-state index contributed by atoms with van der Waals surface area (Å²) in [6, 6.07) is 2.92. The Morgan fingerprint density at radius 2 is 2.32 bits per heavy atom. The minimum absolute atomic E-state index is 0.0601. The number of hydrogen-bond acceptors (Lipinski definition) is 6. The Morgan fingerprint density at radius 1 is 1.58 bits per heavy atom. The fourth-order valence-electron chi connectivity index (χ4n) is 1.40. The molecule has 0 aliphatic rings. The molecule has 0 bridgehead atoms. The van der Waals surface area contributed by atoms with Crippen LogP contribution < -0.4 is 5.32 Å². The molecule has 19 heavy (non-hydrogen) atoms. The Kier molecular flexibility index (Phi) is 5.22. The van der Waals surface area contributed by atoms with Gasteiger partial charge in [-0.05, 0) is 12.8 Å². The summed E-state index contributed by atoms with van der Waals surface area (Å²) in [6.45, 7) is 0.382. The summed E-state index contributed by atoms with van der Waals surface area (Å²) in [5, 5.41) is 30.7. The summed E-state index contributed by atoms with van der Waals surface area (Å²) in [6.07, 6.45) is 2.34. The van der Waals surface area contributed by atoms with Gasteiger partial charge in [0, 0.05) is 25.2 Å². The van der Waals surface area contributed by atoms with E-state index in [2.05, 4.69) is 10.3 Å². The molecule has 100 valence electrons. The molecule has 0 fully saturated rings. The molecule has 1 aromatic heterocycles. The zero-order valence-electron chi connectivity index (χ0n) is 10.00. The van der Waals surface area contributed by atoms with E-state index in [0.29, 0.717) is 19.4 Å². The van der Waals surface area contributed by atoms with Gasteiger partial charge in [-0.3, -0.25) is 14.9 Å². The van der Waals surface area contributed by atoms with Gasteiger partial charge in [-0.2, -0.15) is 5.26 Å². The second-order valence-corrected chi connectivity index (χ2v) is 3.74. The van der Waals surface area contributed by atoms with Gasteiger partial charge in [0.05, 0.1) is 10.5 Å². The van der Waals surface area contributed by atoms with Crippen molar-refractivity contribution in [1.29, 1.82) is 5.26 Å². The summed E-state index contributed by atoms with van der Waals surface area (Å²) >= 11 is 0. The molecule has 1 aromatic rings. The number of nitro groups is 1. The predicted octanol–water partition coefficient (Wildman–Crippen LogP) is 1.53. The van der Waals surface area contributed by atoms with E-state index < -0.39 is 10.9 Å². The van der Waals surface area contributed by atoms with Gasteiger partial charge < -0.3 is 10.4 Å². The van der Waals surface area contributed by atoms with Crippen molar-refractivity contribution in [3.05, 3.63) is 27.9 Å². The van der Waals surface area contributed by atoms with E-state index >= 15 is 0 Å². The summed E-state index contributed by atoms with van der Waals surface area (Å²) in [5.74, 6) is -0.790. The van der Waals surface area contributed by atoms with Crippen molar-refractivity contribution in [1.82, 2.24) is 4.98 Å². The van der Waals surface area contributed by atoms with Gasteiger partial charge in [-0.25, -0.2) is 4.98 Å². The number of nitriles is 1. The van der Waals surface area contributed by atoms with Crippen LogP contribution in [0.15, 0.2) is 12.3 Å². The molecule has 0 saturated carbocycles. The van der Waals surface area contributed by atoms with E-state index in [1.54, 1.807) is 6.07 Å². The van der Waals surface area contributed by atoms with Crippen LogP contribution in [0.4, 0.5) is 11.5 Å². The van der Waals surface area contributed by atoms with Gasteiger partial charge in [-0.15, -0.1) is 0 Å². The van der Waals surface area contributed by atoms with Gasteiger partial charge >= 0.3 is 11.7 Å². The molecule has 0 amide bonds. The Morgan fingerprint density at radius 3 is 2.89 bits per heavy atom. The van der Waals surface area contributed by atoms with Gasteiger partial charge in [-0.1, -0.05) is 0 Å². The van der Waals surface area contributed by atoms with Crippen LogP contribution in [-0.2, 0) is 4.79 Å². The molecule has 8 heteroatoms. The van der Waals surface area contributed by atoms with E-state index in [4.69, 9.17) is 10.4 Å². The largest absolute Gasteiger partial charge is 0.481 e. The van der Waals surface area contributed by atoms with Crippen LogP contribution in [0.25, 0.3) is 0 Å². The predicted molar refractivity (Wildman–Crippen MR) is 65.6 cm³/mol. The van der Waals surface area contributed by atoms with Crippen LogP contribution >= 0.6 is 0 Å². The van der Waals surface area contributed by atoms with E-state index in [1.165, 1.54) is 6.20 Å². The number of rotatable bonds is 7. The number of pyridine rings is 1. The minimum Gasteiger partial charge on any atom is -0.481 e. The van der Waals surface area contributed by atoms with Crippen molar-refractivity contribution in [2.75, 3.05) is 11.9 Å². The highest BCUT2D eigenvalue weighted by molar-refractivity contribution is 5.66. The first-order valence-corrected chi connectivity index (χ1v) is 5.55. The maximum atomic E-state index is 10.8.